The van der Waals surface area contributed by atoms with E-state index in [1.54, 1.807) is 0 Å². The summed E-state index contributed by atoms with van der Waals surface area (Å²) in [4.78, 5) is 11.9. The van der Waals surface area contributed by atoms with E-state index >= 15 is 0 Å². The van der Waals surface area contributed by atoms with Crippen LogP contribution in [0.5, 0.6) is 5.75 Å². The summed E-state index contributed by atoms with van der Waals surface area (Å²) < 4.78 is 10.5. The standard InChI is InChI=1S/C17H19NO3S/c1-2-18-17(19)21-11-10-20-15-9-8-14(12-16(15)22)13-6-4-3-5-7-13/h3-9,12,22H,2,10-11H2,1H3,(H,18,19). The Morgan fingerprint density at radius 2 is 1.86 bits per heavy atom. The topological polar surface area (TPSA) is 47.6 Å². The van der Waals surface area contributed by atoms with Crippen LogP contribution in [0.2, 0.25) is 0 Å². The normalized spacial score (nSPS) is 10.1. The van der Waals surface area contributed by atoms with Gasteiger partial charge in [-0.1, -0.05) is 36.4 Å². The number of alkyl carbamates (subject to hydrolysis) is 1. The molecule has 22 heavy (non-hydrogen) atoms. The van der Waals surface area contributed by atoms with Crippen molar-refractivity contribution >= 4 is 18.7 Å². The van der Waals surface area contributed by atoms with Crippen molar-refractivity contribution in [3.8, 4) is 16.9 Å². The van der Waals surface area contributed by atoms with Crippen molar-refractivity contribution in [1.82, 2.24) is 5.32 Å². The largest absolute Gasteiger partial charge is 0.489 e. The highest BCUT2D eigenvalue weighted by molar-refractivity contribution is 7.80. The van der Waals surface area contributed by atoms with Crippen molar-refractivity contribution in [2.24, 2.45) is 0 Å². The zero-order chi connectivity index (χ0) is 15.8. The van der Waals surface area contributed by atoms with E-state index in [9.17, 15) is 4.79 Å². The lowest BCUT2D eigenvalue weighted by Gasteiger charge is -2.11. The molecule has 0 saturated carbocycles. The summed E-state index contributed by atoms with van der Waals surface area (Å²) in [6.45, 7) is 2.86. The van der Waals surface area contributed by atoms with Crippen LogP contribution in [0.25, 0.3) is 11.1 Å². The van der Waals surface area contributed by atoms with Crippen LogP contribution in [0, 0.1) is 0 Å². The Kier molecular flexibility index (Phi) is 6.15. The van der Waals surface area contributed by atoms with E-state index in [0.717, 1.165) is 16.0 Å². The fourth-order valence-electron chi connectivity index (χ4n) is 1.93. The number of nitrogens with one attached hydrogen (secondary N) is 1. The second-order valence-electron chi connectivity index (χ2n) is 4.56. The van der Waals surface area contributed by atoms with Gasteiger partial charge in [-0.05, 0) is 30.2 Å². The summed E-state index contributed by atoms with van der Waals surface area (Å²) in [6.07, 6.45) is -0.434. The molecule has 0 fully saturated rings. The highest BCUT2D eigenvalue weighted by Gasteiger charge is 2.05. The molecule has 0 aromatic heterocycles. The molecule has 2 aromatic rings. The highest BCUT2D eigenvalue weighted by atomic mass is 32.1. The van der Waals surface area contributed by atoms with Crippen molar-refractivity contribution in [3.05, 3.63) is 48.5 Å². The van der Waals surface area contributed by atoms with Crippen molar-refractivity contribution in [2.75, 3.05) is 19.8 Å². The van der Waals surface area contributed by atoms with E-state index < -0.39 is 6.09 Å². The molecule has 0 bridgehead atoms. The van der Waals surface area contributed by atoms with Crippen LogP contribution in [0.15, 0.2) is 53.4 Å². The smallest absolute Gasteiger partial charge is 0.407 e. The van der Waals surface area contributed by atoms with E-state index in [1.165, 1.54) is 0 Å². The minimum atomic E-state index is -0.434. The lowest BCUT2D eigenvalue weighted by Crippen LogP contribution is -2.25. The lowest BCUT2D eigenvalue weighted by atomic mass is 10.1. The molecule has 1 amide bonds. The van der Waals surface area contributed by atoms with Gasteiger partial charge in [-0.3, -0.25) is 0 Å². The first-order valence-corrected chi connectivity index (χ1v) is 7.57. The molecule has 116 valence electrons. The molecule has 2 rings (SSSR count). The molecule has 1 N–H and O–H groups in total. The van der Waals surface area contributed by atoms with E-state index in [-0.39, 0.29) is 13.2 Å². The maximum absolute atomic E-state index is 11.1. The van der Waals surface area contributed by atoms with E-state index in [4.69, 9.17) is 9.47 Å². The molecular formula is C17H19NO3S. The van der Waals surface area contributed by atoms with Gasteiger partial charge in [0.25, 0.3) is 0 Å². The van der Waals surface area contributed by atoms with Gasteiger partial charge in [0.05, 0.1) is 0 Å². The molecule has 0 atom stereocenters. The molecule has 2 aromatic carbocycles. The molecule has 0 radical (unpaired) electrons. The maximum Gasteiger partial charge on any atom is 0.407 e. The molecule has 0 spiro atoms. The molecule has 0 heterocycles. The maximum atomic E-state index is 11.1. The van der Waals surface area contributed by atoms with Crippen LogP contribution in [0.4, 0.5) is 4.79 Å². The van der Waals surface area contributed by atoms with Crippen LogP contribution in [-0.4, -0.2) is 25.9 Å². The van der Waals surface area contributed by atoms with Gasteiger partial charge in [-0.15, -0.1) is 12.6 Å². The van der Waals surface area contributed by atoms with E-state index in [2.05, 4.69) is 17.9 Å². The molecular weight excluding hydrogens is 298 g/mol. The third kappa shape index (κ3) is 4.70. The number of benzene rings is 2. The van der Waals surface area contributed by atoms with E-state index in [0.29, 0.717) is 12.3 Å². The average molecular weight is 317 g/mol. The number of carbonyl (C=O) groups is 1. The van der Waals surface area contributed by atoms with E-state index in [1.807, 2.05) is 55.5 Å². The zero-order valence-electron chi connectivity index (χ0n) is 12.4. The zero-order valence-corrected chi connectivity index (χ0v) is 13.3. The van der Waals surface area contributed by atoms with Crippen molar-refractivity contribution in [3.63, 3.8) is 0 Å². The Balaban J connectivity index is 1.89. The summed E-state index contributed by atoms with van der Waals surface area (Å²) >= 11 is 4.45. The number of rotatable bonds is 6. The van der Waals surface area contributed by atoms with Crippen LogP contribution in [0.3, 0.4) is 0 Å². The van der Waals surface area contributed by atoms with Crippen LogP contribution in [0.1, 0.15) is 6.92 Å². The van der Waals surface area contributed by atoms with Crippen molar-refractivity contribution < 1.29 is 14.3 Å². The minimum absolute atomic E-state index is 0.194. The Labute approximate surface area is 135 Å². The first kappa shape index (κ1) is 16.2. The Morgan fingerprint density at radius 1 is 1.09 bits per heavy atom. The third-order valence-corrected chi connectivity index (χ3v) is 3.31. The van der Waals surface area contributed by atoms with Gasteiger partial charge in [-0.2, -0.15) is 0 Å². The number of carbonyl (C=O) groups excluding carboxylic acids is 1. The second-order valence-corrected chi connectivity index (χ2v) is 5.05. The van der Waals surface area contributed by atoms with Crippen LogP contribution < -0.4 is 10.1 Å². The van der Waals surface area contributed by atoms with Crippen LogP contribution in [-0.2, 0) is 4.74 Å². The van der Waals surface area contributed by atoms with Crippen molar-refractivity contribution in [2.45, 2.75) is 11.8 Å². The predicted octanol–water partition coefficient (Wildman–Crippen LogP) is 3.77. The Bertz CT molecular complexity index is 617. The van der Waals surface area contributed by atoms with Gasteiger partial charge in [0, 0.05) is 11.4 Å². The Morgan fingerprint density at radius 3 is 2.55 bits per heavy atom. The monoisotopic (exact) mass is 317 g/mol. The first-order valence-electron chi connectivity index (χ1n) is 7.12. The molecule has 0 aliphatic carbocycles. The van der Waals surface area contributed by atoms with Crippen molar-refractivity contribution in [1.29, 1.82) is 0 Å². The third-order valence-electron chi connectivity index (χ3n) is 2.96. The molecule has 5 heteroatoms. The highest BCUT2D eigenvalue weighted by Crippen LogP contribution is 2.29. The summed E-state index contributed by atoms with van der Waals surface area (Å²) in [5.74, 6) is 0.669. The fraction of sp³-hybridized carbons (Fsp3) is 0.235. The van der Waals surface area contributed by atoms with Crippen LogP contribution >= 0.6 is 12.6 Å². The predicted molar refractivity (Wildman–Crippen MR) is 89.6 cm³/mol. The number of thiol groups is 1. The average Bonchev–Trinajstić information content (AvgIpc) is 2.54. The minimum Gasteiger partial charge on any atom is -0.489 e. The lowest BCUT2D eigenvalue weighted by molar-refractivity contribution is 0.125. The van der Waals surface area contributed by atoms with Gasteiger partial charge < -0.3 is 14.8 Å². The second kappa shape index (κ2) is 8.34. The fourth-order valence-corrected chi connectivity index (χ4v) is 2.21. The first-order chi connectivity index (χ1) is 10.7. The molecule has 0 aliphatic rings. The summed E-state index contributed by atoms with van der Waals surface area (Å²) in [5.41, 5.74) is 2.21. The molecule has 0 saturated heterocycles. The summed E-state index contributed by atoms with van der Waals surface area (Å²) in [6, 6.07) is 15.9. The van der Waals surface area contributed by atoms with Gasteiger partial charge in [0.15, 0.2) is 0 Å². The number of hydrogen-bond donors (Lipinski definition) is 2. The van der Waals surface area contributed by atoms with Gasteiger partial charge in [-0.25, -0.2) is 4.79 Å². The van der Waals surface area contributed by atoms with Gasteiger partial charge in [0.1, 0.15) is 19.0 Å². The quantitative estimate of drug-likeness (QED) is 0.630. The van der Waals surface area contributed by atoms with Gasteiger partial charge in [0.2, 0.25) is 0 Å². The summed E-state index contributed by atoms with van der Waals surface area (Å²) in [7, 11) is 0. The summed E-state index contributed by atoms with van der Waals surface area (Å²) in [5, 5.41) is 2.55. The van der Waals surface area contributed by atoms with Gasteiger partial charge >= 0.3 is 6.09 Å². The number of hydrogen-bond acceptors (Lipinski definition) is 4. The molecule has 0 unspecified atom stereocenters. The molecule has 4 nitrogen and oxygen atoms in total. The number of amides is 1. The number of ether oxygens (including phenoxy) is 2. The SMILES string of the molecule is CCNC(=O)OCCOc1ccc(-c2ccccc2)cc1S. The molecule has 0 aliphatic heterocycles. The Hall–Kier alpha value is -2.14.